The van der Waals surface area contributed by atoms with Gasteiger partial charge in [-0.3, -0.25) is 4.57 Å². The van der Waals surface area contributed by atoms with E-state index in [0.29, 0.717) is 33.2 Å². The maximum absolute atomic E-state index is 12.6. The van der Waals surface area contributed by atoms with Crippen molar-refractivity contribution in [3.8, 4) is 11.3 Å². The number of aliphatic hydroxyl groups is 1. The minimum atomic E-state index is -1.62. The van der Waals surface area contributed by atoms with Crippen molar-refractivity contribution in [2.75, 3.05) is 0 Å². The second kappa shape index (κ2) is 7.95. The molecule has 2 aromatic heterocycles. The third-order valence-corrected chi connectivity index (χ3v) is 6.12. The first kappa shape index (κ1) is 21.1. The van der Waals surface area contributed by atoms with Gasteiger partial charge in [0.2, 0.25) is 0 Å². The summed E-state index contributed by atoms with van der Waals surface area (Å²) in [4.78, 5) is 16.9. The van der Waals surface area contributed by atoms with Crippen LogP contribution >= 0.6 is 11.6 Å². The molecule has 0 aliphatic carbocycles. The smallest absolute Gasteiger partial charge is 0.348 e. The van der Waals surface area contributed by atoms with Gasteiger partial charge in [-0.1, -0.05) is 60.1 Å². The third-order valence-electron chi connectivity index (χ3n) is 5.87. The van der Waals surface area contributed by atoms with E-state index >= 15 is 0 Å². The van der Waals surface area contributed by atoms with Crippen molar-refractivity contribution in [2.24, 2.45) is 14.1 Å². The Morgan fingerprint density at radius 1 is 0.939 bits per heavy atom. The number of fused-ring (bicyclic) bond motifs is 1. The normalized spacial score (nSPS) is 13.2. The van der Waals surface area contributed by atoms with Crippen molar-refractivity contribution in [1.29, 1.82) is 0 Å². The van der Waals surface area contributed by atoms with Gasteiger partial charge in [0.25, 0.3) is 0 Å². The van der Waals surface area contributed by atoms with Gasteiger partial charge in [-0.25, -0.2) is 4.79 Å². The molecule has 0 aliphatic heterocycles. The van der Waals surface area contributed by atoms with Crippen molar-refractivity contribution < 1.29 is 5.11 Å². The zero-order valence-corrected chi connectivity index (χ0v) is 18.7. The van der Waals surface area contributed by atoms with Gasteiger partial charge in [-0.15, -0.1) is 10.2 Å². The summed E-state index contributed by atoms with van der Waals surface area (Å²) in [7, 11) is 3.46. The van der Waals surface area contributed by atoms with Crippen LogP contribution in [-0.4, -0.2) is 29.4 Å². The molecule has 33 heavy (non-hydrogen) atoms. The Morgan fingerprint density at radius 3 is 2.30 bits per heavy atom. The van der Waals surface area contributed by atoms with Gasteiger partial charge in [0.15, 0.2) is 11.4 Å². The number of rotatable bonds is 4. The Labute approximate surface area is 194 Å². The van der Waals surface area contributed by atoms with Crippen molar-refractivity contribution in [1.82, 2.24) is 24.3 Å². The molecule has 5 rings (SSSR count). The molecule has 0 saturated heterocycles. The number of halogens is 1. The number of aryl methyl sites for hydroxylation is 2. The van der Waals surface area contributed by atoms with E-state index in [-0.39, 0.29) is 5.69 Å². The molecule has 8 heteroatoms. The molecule has 5 aromatic rings. The standard InChI is InChI=1S/C25H20ClN5O2/c1-30-15-27-29-23(30)25(33,17-8-11-19(26)12-9-17)18-10-13-21-20(14-18)22(28-24(32)31(21)2)16-6-4-3-5-7-16/h3-15,33H,1-2H3. The largest absolute Gasteiger partial charge is 0.373 e. The maximum Gasteiger partial charge on any atom is 0.348 e. The molecule has 7 nitrogen and oxygen atoms in total. The van der Waals surface area contributed by atoms with E-state index in [4.69, 9.17) is 11.6 Å². The highest BCUT2D eigenvalue weighted by Crippen LogP contribution is 2.38. The van der Waals surface area contributed by atoms with E-state index in [9.17, 15) is 9.90 Å². The number of benzene rings is 3. The fourth-order valence-electron chi connectivity index (χ4n) is 4.12. The highest BCUT2D eigenvalue weighted by molar-refractivity contribution is 6.30. The highest BCUT2D eigenvalue weighted by atomic mass is 35.5. The predicted octanol–water partition coefficient (Wildman–Crippen LogP) is 3.67. The minimum absolute atomic E-state index is 0.350. The van der Waals surface area contributed by atoms with Crippen LogP contribution in [0.3, 0.4) is 0 Å². The molecule has 1 N–H and O–H groups in total. The summed E-state index contributed by atoms with van der Waals surface area (Å²) in [5.74, 6) is 0.350. The van der Waals surface area contributed by atoms with Crippen LogP contribution in [0.25, 0.3) is 22.2 Å². The first-order chi connectivity index (χ1) is 15.9. The maximum atomic E-state index is 12.6. The number of aromatic nitrogens is 5. The second-order valence-corrected chi connectivity index (χ2v) is 8.32. The SMILES string of the molecule is Cn1cnnc1C(O)(c1ccc(Cl)cc1)c1ccc2c(c1)c(-c1ccccc1)nc(=O)n2C. The summed E-state index contributed by atoms with van der Waals surface area (Å²) < 4.78 is 3.17. The summed E-state index contributed by atoms with van der Waals surface area (Å²) in [6, 6.07) is 21.9. The summed E-state index contributed by atoms with van der Waals surface area (Å²) in [6.45, 7) is 0. The molecule has 0 amide bonds. The van der Waals surface area contributed by atoms with Crippen LogP contribution in [0, 0.1) is 0 Å². The lowest BCUT2D eigenvalue weighted by molar-refractivity contribution is 0.112. The van der Waals surface area contributed by atoms with Gasteiger partial charge in [0.1, 0.15) is 6.33 Å². The second-order valence-electron chi connectivity index (χ2n) is 7.88. The Morgan fingerprint density at radius 2 is 1.64 bits per heavy atom. The van der Waals surface area contributed by atoms with Gasteiger partial charge in [-0.2, -0.15) is 4.98 Å². The first-order valence-corrected chi connectivity index (χ1v) is 10.7. The lowest BCUT2D eigenvalue weighted by Crippen LogP contribution is -2.32. The number of hydrogen-bond acceptors (Lipinski definition) is 5. The van der Waals surface area contributed by atoms with E-state index in [0.717, 1.165) is 10.9 Å². The zero-order chi connectivity index (χ0) is 23.2. The van der Waals surface area contributed by atoms with E-state index in [2.05, 4.69) is 15.2 Å². The predicted molar refractivity (Wildman–Crippen MR) is 127 cm³/mol. The van der Waals surface area contributed by atoms with Crippen LogP contribution in [0.15, 0.2) is 83.9 Å². The lowest BCUT2D eigenvalue weighted by atomic mass is 9.84. The van der Waals surface area contributed by atoms with E-state index in [1.54, 1.807) is 49.0 Å². The van der Waals surface area contributed by atoms with Gasteiger partial charge in [0.05, 0.1) is 11.2 Å². The Balaban J connectivity index is 1.84. The van der Waals surface area contributed by atoms with Crippen LogP contribution in [-0.2, 0) is 19.7 Å². The molecule has 3 aromatic carbocycles. The molecule has 0 bridgehead atoms. The average molecular weight is 458 g/mol. The number of nitrogens with zero attached hydrogens (tertiary/aromatic N) is 5. The lowest BCUT2D eigenvalue weighted by Gasteiger charge is -2.29. The minimum Gasteiger partial charge on any atom is -0.373 e. The van der Waals surface area contributed by atoms with Crippen molar-refractivity contribution >= 4 is 22.5 Å². The summed E-state index contributed by atoms with van der Waals surface area (Å²) in [5.41, 5.74) is 1.24. The number of hydrogen-bond donors (Lipinski definition) is 1. The van der Waals surface area contributed by atoms with Crippen LogP contribution < -0.4 is 5.69 Å². The van der Waals surface area contributed by atoms with Gasteiger partial charge in [-0.05, 0) is 35.4 Å². The van der Waals surface area contributed by atoms with Crippen LogP contribution in [0.4, 0.5) is 0 Å². The zero-order valence-electron chi connectivity index (χ0n) is 18.0. The molecular weight excluding hydrogens is 438 g/mol. The van der Waals surface area contributed by atoms with Crippen LogP contribution in [0.2, 0.25) is 5.02 Å². The van der Waals surface area contributed by atoms with E-state index < -0.39 is 5.60 Å². The average Bonchev–Trinajstić information content (AvgIpc) is 3.28. The van der Waals surface area contributed by atoms with Crippen molar-refractivity contribution in [2.45, 2.75) is 5.60 Å². The van der Waals surface area contributed by atoms with Crippen molar-refractivity contribution in [3.63, 3.8) is 0 Å². The van der Waals surface area contributed by atoms with Gasteiger partial charge < -0.3 is 9.67 Å². The first-order valence-electron chi connectivity index (χ1n) is 10.3. The van der Waals surface area contributed by atoms with E-state index in [1.807, 2.05) is 42.5 Å². The van der Waals surface area contributed by atoms with E-state index in [1.165, 1.54) is 10.9 Å². The molecule has 2 heterocycles. The summed E-state index contributed by atoms with van der Waals surface area (Å²) in [5, 5.41) is 21.7. The topological polar surface area (TPSA) is 85.8 Å². The summed E-state index contributed by atoms with van der Waals surface area (Å²) in [6.07, 6.45) is 1.54. The molecule has 0 fully saturated rings. The molecule has 1 atom stereocenters. The molecule has 164 valence electrons. The fraction of sp³-hybridized carbons (Fsp3) is 0.120. The third kappa shape index (κ3) is 3.42. The van der Waals surface area contributed by atoms with Crippen molar-refractivity contribution in [3.05, 3.63) is 112 Å². The Kier molecular flexibility index (Phi) is 5.08. The molecular formula is C25H20ClN5O2. The molecule has 0 saturated carbocycles. The molecule has 0 radical (unpaired) electrons. The summed E-state index contributed by atoms with van der Waals surface area (Å²) >= 11 is 6.11. The van der Waals surface area contributed by atoms with Gasteiger partial charge >= 0.3 is 5.69 Å². The van der Waals surface area contributed by atoms with Crippen LogP contribution in [0.1, 0.15) is 17.0 Å². The molecule has 0 aliphatic rings. The van der Waals surface area contributed by atoms with Crippen LogP contribution in [0.5, 0.6) is 0 Å². The quantitative estimate of drug-likeness (QED) is 0.445. The molecule has 1 unspecified atom stereocenters. The Bertz CT molecular complexity index is 1530. The van der Waals surface area contributed by atoms with Gasteiger partial charge in [0, 0.05) is 30.1 Å². The molecule has 0 spiro atoms. The highest BCUT2D eigenvalue weighted by Gasteiger charge is 2.38. The Hall–Kier alpha value is -3.81. The monoisotopic (exact) mass is 457 g/mol. The fourth-order valence-corrected chi connectivity index (χ4v) is 4.25.